The number of fused-ring (bicyclic) bond motifs is 4. The first-order valence-electron chi connectivity index (χ1n) is 10.7. The van der Waals surface area contributed by atoms with Gasteiger partial charge in [-0.25, -0.2) is 0 Å². The Morgan fingerprint density at radius 2 is 1.87 bits per heavy atom. The molecule has 3 fully saturated rings. The first kappa shape index (κ1) is 21.0. The third-order valence-electron chi connectivity index (χ3n) is 7.38. The molecule has 5 atom stereocenters. The SMILES string of the molecule is C=C[C@H]1C[N+]2(Cc3ccccc3)CC[C@H]1C[C@H]2[C@H](O)c1ccnc2ccccc12.Cl. The number of pyridine rings is 1. The minimum absolute atomic E-state index is 0. The molecule has 1 N–H and O–H groups in total. The van der Waals surface area contributed by atoms with Gasteiger partial charge >= 0.3 is 0 Å². The van der Waals surface area contributed by atoms with E-state index in [0.717, 1.165) is 47.0 Å². The third-order valence-corrected chi connectivity index (χ3v) is 7.38. The molecule has 2 aromatic carbocycles. The van der Waals surface area contributed by atoms with E-state index in [0.29, 0.717) is 11.8 Å². The van der Waals surface area contributed by atoms with E-state index >= 15 is 0 Å². The summed E-state index contributed by atoms with van der Waals surface area (Å²) in [5, 5.41) is 12.8. The van der Waals surface area contributed by atoms with Crippen LogP contribution >= 0.6 is 12.4 Å². The zero-order valence-corrected chi connectivity index (χ0v) is 18.0. The molecule has 3 aromatic rings. The summed E-state index contributed by atoms with van der Waals surface area (Å²) in [5.74, 6) is 1.18. The highest BCUT2D eigenvalue weighted by atomic mass is 35.5. The number of piperidine rings is 3. The van der Waals surface area contributed by atoms with Crippen LogP contribution in [0, 0.1) is 11.8 Å². The van der Waals surface area contributed by atoms with Gasteiger partial charge in [-0.05, 0) is 23.6 Å². The molecule has 4 heteroatoms. The maximum atomic E-state index is 11.7. The fourth-order valence-corrected chi connectivity index (χ4v) is 5.91. The van der Waals surface area contributed by atoms with Crippen molar-refractivity contribution in [2.75, 3.05) is 13.1 Å². The lowest BCUT2D eigenvalue weighted by Crippen LogP contribution is -2.67. The van der Waals surface area contributed by atoms with Crippen LogP contribution in [0.4, 0.5) is 0 Å². The van der Waals surface area contributed by atoms with Gasteiger partial charge in [-0.2, -0.15) is 0 Å². The number of aliphatic hydroxyl groups is 1. The second kappa shape index (κ2) is 8.50. The summed E-state index contributed by atoms with van der Waals surface area (Å²) in [4.78, 5) is 4.50. The lowest BCUT2D eigenvalue weighted by atomic mass is 9.71. The lowest BCUT2D eigenvalue weighted by Gasteiger charge is -2.58. The highest BCUT2D eigenvalue weighted by Gasteiger charge is 2.53. The summed E-state index contributed by atoms with van der Waals surface area (Å²) < 4.78 is 0.953. The largest absolute Gasteiger partial charge is 0.382 e. The Labute approximate surface area is 185 Å². The summed E-state index contributed by atoms with van der Waals surface area (Å²) in [6.45, 7) is 7.32. The molecule has 1 aromatic heterocycles. The topological polar surface area (TPSA) is 33.1 Å². The van der Waals surface area contributed by atoms with E-state index in [1.807, 2.05) is 30.5 Å². The summed E-state index contributed by atoms with van der Waals surface area (Å²) in [6.07, 6.45) is 5.79. The molecule has 0 aliphatic carbocycles. The summed E-state index contributed by atoms with van der Waals surface area (Å²) >= 11 is 0. The van der Waals surface area contributed by atoms with Gasteiger partial charge in [-0.15, -0.1) is 19.0 Å². The smallest absolute Gasteiger partial charge is 0.131 e. The lowest BCUT2D eigenvalue weighted by molar-refractivity contribution is -0.984. The van der Waals surface area contributed by atoms with Crippen LogP contribution in [0.1, 0.15) is 30.1 Å². The van der Waals surface area contributed by atoms with E-state index in [9.17, 15) is 5.11 Å². The van der Waals surface area contributed by atoms with E-state index < -0.39 is 6.10 Å². The van der Waals surface area contributed by atoms with Gasteiger partial charge in [0.2, 0.25) is 0 Å². The fraction of sp³-hybridized carbons (Fsp3) is 0.346. The zero-order chi connectivity index (χ0) is 19.8. The van der Waals surface area contributed by atoms with Gasteiger partial charge in [0.15, 0.2) is 0 Å². The number of halogens is 1. The predicted molar refractivity (Wildman–Crippen MR) is 124 cm³/mol. The molecule has 30 heavy (non-hydrogen) atoms. The number of nitrogens with zero attached hydrogens (tertiary/aromatic N) is 2. The van der Waals surface area contributed by atoms with Crippen LogP contribution < -0.4 is 0 Å². The van der Waals surface area contributed by atoms with Gasteiger partial charge in [0.25, 0.3) is 0 Å². The van der Waals surface area contributed by atoms with Crippen LogP contribution in [0.3, 0.4) is 0 Å². The maximum absolute atomic E-state index is 11.7. The van der Waals surface area contributed by atoms with Gasteiger partial charge in [0.05, 0.1) is 18.6 Å². The maximum Gasteiger partial charge on any atom is 0.131 e. The van der Waals surface area contributed by atoms with Crippen LogP contribution in [0.2, 0.25) is 0 Å². The van der Waals surface area contributed by atoms with Crippen molar-refractivity contribution in [2.24, 2.45) is 11.8 Å². The van der Waals surface area contributed by atoms with Crippen molar-refractivity contribution < 1.29 is 9.59 Å². The average molecular weight is 422 g/mol. The van der Waals surface area contributed by atoms with Crippen LogP contribution in [0.5, 0.6) is 0 Å². The highest BCUT2D eigenvalue weighted by Crippen LogP contribution is 2.47. The molecule has 2 bridgehead atoms. The van der Waals surface area contributed by atoms with Gasteiger partial charge < -0.3 is 9.59 Å². The fourth-order valence-electron chi connectivity index (χ4n) is 5.91. The molecule has 0 spiro atoms. The van der Waals surface area contributed by atoms with E-state index in [4.69, 9.17) is 0 Å². The van der Waals surface area contributed by atoms with E-state index in [-0.39, 0.29) is 18.4 Å². The Kier molecular flexibility index (Phi) is 5.97. The monoisotopic (exact) mass is 421 g/mol. The minimum Gasteiger partial charge on any atom is -0.382 e. The van der Waals surface area contributed by atoms with Crippen molar-refractivity contribution in [3.05, 3.63) is 90.6 Å². The van der Waals surface area contributed by atoms with Crippen molar-refractivity contribution in [3.63, 3.8) is 0 Å². The molecule has 0 radical (unpaired) electrons. The number of aromatic nitrogens is 1. The third kappa shape index (κ3) is 3.56. The number of quaternary nitrogens is 1. The number of para-hydroxylation sites is 1. The molecule has 3 nitrogen and oxygen atoms in total. The number of rotatable bonds is 5. The summed E-state index contributed by atoms with van der Waals surface area (Å²) in [5.41, 5.74) is 3.33. The van der Waals surface area contributed by atoms with Crippen LogP contribution in [0.25, 0.3) is 10.9 Å². The summed E-state index contributed by atoms with van der Waals surface area (Å²) in [7, 11) is 0. The van der Waals surface area contributed by atoms with Crippen molar-refractivity contribution in [1.29, 1.82) is 0 Å². The number of benzene rings is 2. The van der Waals surface area contributed by atoms with Crippen molar-refractivity contribution in [3.8, 4) is 0 Å². The van der Waals surface area contributed by atoms with E-state index in [2.05, 4.69) is 54.0 Å². The van der Waals surface area contributed by atoms with Gasteiger partial charge in [0, 0.05) is 35.9 Å². The van der Waals surface area contributed by atoms with Gasteiger partial charge in [-0.3, -0.25) is 4.98 Å². The van der Waals surface area contributed by atoms with Gasteiger partial charge in [-0.1, -0.05) is 54.6 Å². The molecule has 3 aliphatic heterocycles. The predicted octanol–water partition coefficient (Wildman–Crippen LogP) is 5.30. The Hall–Kier alpha value is -2.20. The molecule has 0 saturated carbocycles. The quantitative estimate of drug-likeness (QED) is 0.447. The van der Waals surface area contributed by atoms with Crippen molar-refractivity contribution >= 4 is 23.3 Å². The highest BCUT2D eigenvalue weighted by molar-refractivity contribution is 5.85. The first-order valence-corrected chi connectivity index (χ1v) is 10.7. The molecule has 0 amide bonds. The molecule has 3 saturated heterocycles. The molecule has 6 rings (SSSR count). The average Bonchev–Trinajstić information content (AvgIpc) is 2.78. The van der Waals surface area contributed by atoms with Crippen LogP contribution in [-0.4, -0.2) is 33.7 Å². The molecule has 156 valence electrons. The van der Waals surface area contributed by atoms with E-state index in [1.165, 1.54) is 12.0 Å². The molecule has 3 aliphatic rings. The second-order valence-corrected chi connectivity index (χ2v) is 8.88. The Morgan fingerprint density at radius 1 is 1.10 bits per heavy atom. The van der Waals surface area contributed by atoms with Crippen molar-refractivity contribution in [1.82, 2.24) is 4.98 Å². The minimum atomic E-state index is -0.486. The standard InChI is InChI=1S/C26H29N2O.ClH/c1-2-20-18-28(17-19-8-4-3-5-9-19)15-13-21(20)16-25(28)26(29)23-12-14-27-24-11-7-6-10-22(23)24;/h2-12,14,20-21,25-26,29H,1,13,15-18H2;1H/q+1;/t20-,21-,25-,26+,28?;/m0./s1. The Morgan fingerprint density at radius 3 is 2.67 bits per heavy atom. The van der Waals surface area contributed by atoms with Crippen LogP contribution in [0.15, 0.2) is 79.5 Å². The molecule has 1 unspecified atom stereocenters. The van der Waals surface area contributed by atoms with E-state index in [1.54, 1.807) is 0 Å². The number of hydrogen-bond acceptors (Lipinski definition) is 2. The Balaban J connectivity index is 0.00000218. The molecular weight excluding hydrogens is 392 g/mol. The Bertz CT molecular complexity index is 1020. The normalized spacial score (nSPS) is 28.6. The number of hydrogen-bond donors (Lipinski definition) is 1. The van der Waals surface area contributed by atoms with Crippen LogP contribution in [-0.2, 0) is 6.54 Å². The van der Waals surface area contributed by atoms with Gasteiger partial charge in [0.1, 0.15) is 18.7 Å². The van der Waals surface area contributed by atoms with Crippen molar-refractivity contribution in [2.45, 2.75) is 31.5 Å². The zero-order valence-electron chi connectivity index (χ0n) is 17.2. The number of aliphatic hydroxyl groups excluding tert-OH is 1. The molecule has 4 heterocycles. The summed E-state index contributed by atoms with van der Waals surface area (Å²) in [6, 6.07) is 21.2. The second-order valence-electron chi connectivity index (χ2n) is 8.88. The first-order chi connectivity index (χ1) is 14.2. The molecular formula is C26H30ClN2O+.